The number of carbonyl (C=O) groups is 1. The Bertz CT molecular complexity index is 932. The number of hydrogen-bond donors (Lipinski definition) is 0. The fourth-order valence-corrected chi connectivity index (χ4v) is 3.49. The van der Waals surface area contributed by atoms with Gasteiger partial charge in [-0.15, -0.1) is 5.10 Å². The number of hydrogen-bond acceptors (Lipinski definition) is 7. The van der Waals surface area contributed by atoms with Gasteiger partial charge in [0, 0.05) is 19.2 Å². The highest BCUT2D eigenvalue weighted by atomic mass is 32.2. The highest BCUT2D eigenvalue weighted by Crippen LogP contribution is 2.31. The van der Waals surface area contributed by atoms with Gasteiger partial charge in [-0.25, -0.2) is 0 Å². The summed E-state index contributed by atoms with van der Waals surface area (Å²) < 4.78 is 12.4. The lowest BCUT2D eigenvalue weighted by Gasteiger charge is -2.19. The Morgan fingerprint density at radius 2 is 1.89 bits per heavy atom. The fraction of sp³-hybridized carbons (Fsp3) is 0.263. The number of tetrazole rings is 1. The van der Waals surface area contributed by atoms with Gasteiger partial charge in [0.05, 0.1) is 25.7 Å². The van der Waals surface area contributed by atoms with Crippen LogP contribution >= 0.6 is 11.8 Å². The number of benzene rings is 2. The van der Waals surface area contributed by atoms with E-state index in [1.807, 2.05) is 48.5 Å². The van der Waals surface area contributed by atoms with Crippen molar-refractivity contribution in [2.45, 2.75) is 11.7 Å². The molecule has 146 valence electrons. The minimum Gasteiger partial charge on any atom is -0.493 e. The van der Waals surface area contributed by atoms with Gasteiger partial charge in [0.15, 0.2) is 11.5 Å². The summed E-state index contributed by atoms with van der Waals surface area (Å²) in [5.41, 5.74) is 1.72. The van der Waals surface area contributed by atoms with Gasteiger partial charge in [0.1, 0.15) is 0 Å². The third-order valence-corrected chi connectivity index (χ3v) is 4.99. The van der Waals surface area contributed by atoms with Crippen molar-refractivity contribution >= 4 is 17.7 Å². The Hall–Kier alpha value is -3.07. The first kappa shape index (κ1) is 19.7. The van der Waals surface area contributed by atoms with Crippen LogP contribution in [0, 0.1) is 0 Å². The van der Waals surface area contributed by atoms with E-state index in [2.05, 4.69) is 15.5 Å². The molecule has 0 aliphatic carbocycles. The van der Waals surface area contributed by atoms with E-state index in [0.29, 0.717) is 23.2 Å². The standard InChI is InChI=1S/C19H21N5O3S/c1-23(12-14-8-7-11-16(26-2)18(14)27-3)17(25)13-28-19-20-21-22-24(19)15-9-5-4-6-10-15/h4-11H,12-13H2,1-3H3. The molecule has 8 nitrogen and oxygen atoms in total. The molecule has 0 radical (unpaired) electrons. The SMILES string of the molecule is COc1cccc(CN(C)C(=O)CSc2nnnn2-c2ccccc2)c1OC. The molecule has 0 bridgehead atoms. The molecule has 0 aliphatic heterocycles. The molecule has 0 N–H and O–H groups in total. The predicted octanol–water partition coefficient (Wildman–Crippen LogP) is 2.43. The minimum atomic E-state index is -0.0440. The third-order valence-electron chi connectivity index (χ3n) is 4.08. The lowest BCUT2D eigenvalue weighted by Crippen LogP contribution is -2.28. The van der Waals surface area contributed by atoms with Gasteiger partial charge in [0.2, 0.25) is 11.1 Å². The van der Waals surface area contributed by atoms with Crippen LogP contribution in [0.25, 0.3) is 5.69 Å². The zero-order valence-corrected chi connectivity index (χ0v) is 16.7. The first-order valence-corrected chi connectivity index (χ1v) is 9.53. The summed E-state index contributed by atoms with van der Waals surface area (Å²) in [7, 11) is 4.93. The van der Waals surface area contributed by atoms with Crippen molar-refractivity contribution in [1.29, 1.82) is 0 Å². The average molecular weight is 399 g/mol. The van der Waals surface area contributed by atoms with Crippen molar-refractivity contribution in [3.05, 3.63) is 54.1 Å². The van der Waals surface area contributed by atoms with E-state index in [1.165, 1.54) is 11.8 Å². The highest BCUT2D eigenvalue weighted by molar-refractivity contribution is 7.99. The van der Waals surface area contributed by atoms with Crippen LogP contribution in [-0.4, -0.2) is 58.0 Å². The first-order valence-electron chi connectivity index (χ1n) is 8.54. The number of methoxy groups -OCH3 is 2. The lowest BCUT2D eigenvalue weighted by atomic mass is 10.1. The zero-order chi connectivity index (χ0) is 19.9. The van der Waals surface area contributed by atoms with E-state index in [-0.39, 0.29) is 11.7 Å². The number of rotatable bonds is 8. The molecule has 9 heteroatoms. The van der Waals surface area contributed by atoms with E-state index in [0.717, 1.165) is 11.3 Å². The second-order valence-corrected chi connectivity index (χ2v) is 6.84. The topological polar surface area (TPSA) is 82.4 Å². The van der Waals surface area contributed by atoms with Crippen molar-refractivity contribution in [3.63, 3.8) is 0 Å². The Balaban J connectivity index is 1.64. The molecule has 0 aliphatic rings. The van der Waals surface area contributed by atoms with Crippen LogP contribution in [0.15, 0.2) is 53.7 Å². The molecule has 2 aromatic carbocycles. The molecule has 28 heavy (non-hydrogen) atoms. The second kappa shape index (κ2) is 9.23. The van der Waals surface area contributed by atoms with Crippen molar-refractivity contribution < 1.29 is 14.3 Å². The largest absolute Gasteiger partial charge is 0.493 e. The number of carbonyl (C=O) groups excluding carboxylic acids is 1. The Morgan fingerprint density at radius 1 is 1.11 bits per heavy atom. The first-order chi connectivity index (χ1) is 13.6. The van der Waals surface area contributed by atoms with E-state index < -0.39 is 0 Å². The van der Waals surface area contributed by atoms with Crippen molar-refractivity contribution in [3.8, 4) is 17.2 Å². The summed E-state index contributed by atoms with van der Waals surface area (Å²) in [4.78, 5) is 14.2. The van der Waals surface area contributed by atoms with Crippen LogP contribution in [0.4, 0.5) is 0 Å². The summed E-state index contributed by atoms with van der Waals surface area (Å²) in [6.07, 6.45) is 0. The van der Waals surface area contributed by atoms with Crippen molar-refractivity contribution in [2.24, 2.45) is 0 Å². The zero-order valence-electron chi connectivity index (χ0n) is 15.9. The summed E-state index contributed by atoms with van der Waals surface area (Å²) in [6.45, 7) is 0.406. The summed E-state index contributed by atoms with van der Waals surface area (Å²) in [5, 5.41) is 12.3. The van der Waals surface area contributed by atoms with Crippen LogP contribution in [0.1, 0.15) is 5.56 Å². The van der Waals surface area contributed by atoms with E-state index in [9.17, 15) is 4.79 Å². The van der Waals surface area contributed by atoms with Crippen molar-refractivity contribution in [2.75, 3.05) is 27.0 Å². The molecule has 1 heterocycles. The van der Waals surface area contributed by atoms with Gasteiger partial charge in [-0.1, -0.05) is 42.1 Å². The van der Waals surface area contributed by atoms with Gasteiger partial charge in [-0.2, -0.15) is 4.68 Å². The fourth-order valence-electron chi connectivity index (χ4n) is 2.66. The Morgan fingerprint density at radius 3 is 2.61 bits per heavy atom. The minimum absolute atomic E-state index is 0.0440. The number of para-hydroxylation sites is 2. The number of amides is 1. The van der Waals surface area contributed by atoms with Crippen LogP contribution in [-0.2, 0) is 11.3 Å². The molecular weight excluding hydrogens is 378 g/mol. The lowest BCUT2D eigenvalue weighted by molar-refractivity contribution is -0.127. The smallest absolute Gasteiger partial charge is 0.233 e. The van der Waals surface area contributed by atoms with Crippen LogP contribution in [0.3, 0.4) is 0 Å². The number of thioether (sulfide) groups is 1. The molecule has 1 aromatic heterocycles. The molecule has 0 unspecified atom stereocenters. The molecule has 0 fully saturated rings. The molecular formula is C19H21N5O3S. The molecule has 0 spiro atoms. The third kappa shape index (κ3) is 4.42. The van der Waals surface area contributed by atoms with E-state index >= 15 is 0 Å². The number of aromatic nitrogens is 4. The Kier molecular flexibility index (Phi) is 6.49. The van der Waals surface area contributed by atoms with Gasteiger partial charge in [-0.3, -0.25) is 4.79 Å². The second-order valence-electron chi connectivity index (χ2n) is 5.90. The maximum Gasteiger partial charge on any atom is 0.233 e. The molecule has 3 aromatic rings. The summed E-state index contributed by atoms with van der Waals surface area (Å²) in [5.74, 6) is 1.44. The molecule has 1 amide bonds. The normalized spacial score (nSPS) is 10.5. The number of nitrogens with zero attached hydrogens (tertiary/aromatic N) is 5. The predicted molar refractivity (Wildman–Crippen MR) is 106 cm³/mol. The maximum absolute atomic E-state index is 12.6. The van der Waals surface area contributed by atoms with E-state index in [4.69, 9.17) is 9.47 Å². The quantitative estimate of drug-likeness (QED) is 0.538. The number of ether oxygens (including phenoxy) is 2. The van der Waals surface area contributed by atoms with E-state index in [1.54, 1.807) is 30.8 Å². The van der Waals surface area contributed by atoms with Crippen LogP contribution < -0.4 is 9.47 Å². The highest BCUT2D eigenvalue weighted by Gasteiger charge is 2.17. The van der Waals surface area contributed by atoms with Crippen LogP contribution in [0.2, 0.25) is 0 Å². The monoisotopic (exact) mass is 399 g/mol. The van der Waals surface area contributed by atoms with Gasteiger partial charge in [-0.05, 0) is 28.6 Å². The summed E-state index contributed by atoms with van der Waals surface area (Å²) in [6, 6.07) is 15.2. The Labute approximate surface area is 167 Å². The molecule has 3 rings (SSSR count). The van der Waals surface area contributed by atoms with Gasteiger partial charge < -0.3 is 14.4 Å². The molecule has 0 atom stereocenters. The molecule has 0 saturated heterocycles. The van der Waals surface area contributed by atoms with Gasteiger partial charge >= 0.3 is 0 Å². The van der Waals surface area contributed by atoms with Crippen LogP contribution in [0.5, 0.6) is 11.5 Å². The van der Waals surface area contributed by atoms with Crippen molar-refractivity contribution in [1.82, 2.24) is 25.1 Å². The molecule has 0 saturated carbocycles. The maximum atomic E-state index is 12.6. The van der Waals surface area contributed by atoms with Gasteiger partial charge in [0.25, 0.3) is 0 Å². The average Bonchev–Trinajstić information content (AvgIpc) is 3.21. The summed E-state index contributed by atoms with van der Waals surface area (Å²) >= 11 is 1.29.